The first kappa shape index (κ1) is 21.3. The summed E-state index contributed by atoms with van der Waals surface area (Å²) in [5, 5.41) is 4.13. The van der Waals surface area contributed by atoms with Crippen molar-refractivity contribution in [2.75, 3.05) is 6.61 Å². The second kappa shape index (κ2) is 10.4. The van der Waals surface area contributed by atoms with Gasteiger partial charge in [-0.25, -0.2) is 0 Å². The summed E-state index contributed by atoms with van der Waals surface area (Å²) in [5.74, 6) is 2.01. The van der Waals surface area contributed by atoms with Gasteiger partial charge in [0.25, 0.3) is 5.89 Å². The minimum Gasteiger partial charge on any atom is -0.494 e. The van der Waals surface area contributed by atoms with Crippen LogP contribution in [0.1, 0.15) is 32.6 Å². The summed E-state index contributed by atoms with van der Waals surface area (Å²) >= 11 is 3.44. The Morgan fingerprint density at radius 2 is 1.35 bits per heavy atom. The van der Waals surface area contributed by atoms with Crippen LogP contribution in [-0.2, 0) is 0 Å². The molecule has 1 heterocycles. The molecule has 0 fully saturated rings. The minimum absolute atomic E-state index is 0.511. The molecule has 0 bridgehead atoms. The van der Waals surface area contributed by atoms with Gasteiger partial charge in [-0.1, -0.05) is 83.7 Å². The van der Waals surface area contributed by atoms with Crippen molar-refractivity contribution in [1.29, 1.82) is 0 Å². The van der Waals surface area contributed by atoms with Gasteiger partial charge in [-0.15, -0.1) is 0 Å². The highest BCUT2D eigenvalue weighted by Gasteiger charge is 2.11. The molecule has 0 amide bonds. The van der Waals surface area contributed by atoms with Crippen molar-refractivity contribution in [1.82, 2.24) is 10.1 Å². The number of hydrogen-bond acceptors (Lipinski definition) is 4. The first-order valence-corrected chi connectivity index (χ1v) is 11.5. The second-order valence-corrected chi connectivity index (χ2v) is 8.36. The predicted molar refractivity (Wildman–Crippen MR) is 128 cm³/mol. The van der Waals surface area contributed by atoms with Crippen LogP contribution in [0.25, 0.3) is 34.0 Å². The van der Waals surface area contributed by atoms with E-state index in [9.17, 15) is 0 Å². The smallest absolute Gasteiger partial charge is 0.258 e. The maximum Gasteiger partial charge on any atom is 0.258 e. The number of ether oxygens (including phenoxy) is 1. The summed E-state index contributed by atoms with van der Waals surface area (Å²) < 4.78 is 12.3. The van der Waals surface area contributed by atoms with Gasteiger partial charge in [-0.05, 0) is 53.9 Å². The minimum atomic E-state index is 0.511. The number of hydrogen-bond donors (Lipinski definition) is 0. The third-order valence-corrected chi connectivity index (χ3v) is 5.64. The van der Waals surface area contributed by atoms with Crippen LogP contribution < -0.4 is 4.74 Å². The fourth-order valence-corrected chi connectivity index (χ4v) is 3.59. The lowest BCUT2D eigenvalue weighted by Gasteiger charge is -2.07. The third-order valence-electron chi connectivity index (χ3n) is 5.11. The molecular weight excluding hydrogens is 452 g/mol. The van der Waals surface area contributed by atoms with Crippen molar-refractivity contribution in [2.24, 2.45) is 0 Å². The van der Waals surface area contributed by atoms with Crippen LogP contribution in [0.2, 0.25) is 0 Å². The summed E-state index contributed by atoms with van der Waals surface area (Å²) in [6.07, 6.45) is 4.85. The third kappa shape index (κ3) is 5.61. The van der Waals surface area contributed by atoms with Gasteiger partial charge in [-0.2, -0.15) is 4.98 Å². The quantitative estimate of drug-likeness (QED) is 0.231. The molecule has 4 rings (SSSR count). The van der Waals surface area contributed by atoms with Gasteiger partial charge in [-0.3, -0.25) is 0 Å². The Kier molecular flexibility index (Phi) is 7.15. The number of rotatable bonds is 9. The fraction of sp³-hybridized carbons (Fsp3) is 0.231. The number of nitrogens with zero attached hydrogens (tertiary/aromatic N) is 2. The summed E-state index contributed by atoms with van der Waals surface area (Å²) in [5.41, 5.74) is 4.09. The van der Waals surface area contributed by atoms with Crippen LogP contribution in [0.15, 0.2) is 81.8 Å². The van der Waals surface area contributed by atoms with Gasteiger partial charge < -0.3 is 9.26 Å². The van der Waals surface area contributed by atoms with Crippen molar-refractivity contribution >= 4 is 15.9 Å². The van der Waals surface area contributed by atoms with Crippen molar-refractivity contribution < 1.29 is 9.26 Å². The molecule has 5 heteroatoms. The number of benzene rings is 3. The molecule has 31 heavy (non-hydrogen) atoms. The van der Waals surface area contributed by atoms with E-state index in [4.69, 9.17) is 9.26 Å². The SMILES string of the molecule is CCCCCCOc1ccc(-c2ccc(-c3noc(-c4ccc(Br)cc4)n3)cc2)cc1. The van der Waals surface area contributed by atoms with E-state index in [1.807, 2.05) is 48.5 Å². The largest absolute Gasteiger partial charge is 0.494 e. The Morgan fingerprint density at radius 3 is 2.03 bits per heavy atom. The van der Waals surface area contributed by atoms with Crippen molar-refractivity contribution in [3.63, 3.8) is 0 Å². The maximum atomic E-state index is 5.84. The molecule has 0 saturated carbocycles. The normalized spacial score (nSPS) is 10.9. The molecule has 4 nitrogen and oxygen atoms in total. The van der Waals surface area contributed by atoms with E-state index in [0.717, 1.165) is 45.5 Å². The molecule has 0 atom stereocenters. The highest BCUT2D eigenvalue weighted by molar-refractivity contribution is 9.10. The molecule has 0 unspecified atom stereocenters. The molecule has 0 aliphatic carbocycles. The van der Waals surface area contributed by atoms with Crippen LogP contribution in [0.4, 0.5) is 0 Å². The highest BCUT2D eigenvalue weighted by Crippen LogP contribution is 2.27. The van der Waals surface area contributed by atoms with Gasteiger partial charge in [0.2, 0.25) is 5.82 Å². The zero-order valence-corrected chi connectivity index (χ0v) is 19.1. The van der Waals surface area contributed by atoms with E-state index in [1.54, 1.807) is 0 Å². The van der Waals surface area contributed by atoms with Gasteiger partial charge in [0.05, 0.1) is 6.61 Å². The zero-order valence-electron chi connectivity index (χ0n) is 17.6. The van der Waals surface area contributed by atoms with E-state index in [1.165, 1.54) is 19.3 Å². The molecule has 1 aromatic heterocycles. The van der Waals surface area contributed by atoms with E-state index in [-0.39, 0.29) is 0 Å². The van der Waals surface area contributed by atoms with Gasteiger partial charge in [0.1, 0.15) is 5.75 Å². The Bertz CT molecular complexity index is 1090. The van der Waals surface area contributed by atoms with E-state index < -0.39 is 0 Å². The first-order chi connectivity index (χ1) is 15.2. The van der Waals surface area contributed by atoms with E-state index in [0.29, 0.717) is 11.7 Å². The highest BCUT2D eigenvalue weighted by atomic mass is 79.9. The molecule has 0 spiro atoms. The lowest BCUT2D eigenvalue weighted by molar-refractivity contribution is 0.305. The van der Waals surface area contributed by atoms with Gasteiger partial charge >= 0.3 is 0 Å². The lowest BCUT2D eigenvalue weighted by Crippen LogP contribution is -1.96. The summed E-state index contributed by atoms with van der Waals surface area (Å²) in [7, 11) is 0. The van der Waals surface area contributed by atoms with E-state index in [2.05, 4.69) is 57.3 Å². The Hall–Kier alpha value is -2.92. The molecule has 0 aliphatic heterocycles. The standard InChI is InChI=1S/C26H25BrN2O2/c1-2-3-4-5-18-30-24-16-12-20(13-17-24)19-6-8-21(9-7-19)25-28-26(31-29-25)22-10-14-23(27)15-11-22/h6-17H,2-5,18H2,1H3. The van der Waals surface area contributed by atoms with Gasteiger partial charge in [0.15, 0.2) is 0 Å². The molecule has 0 saturated heterocycles. The first-order valence-electron chi connectivity index (χ1n) is 10.7. The average molecular weight is 477 g/mol. The van der Waals surface area contributed by atoms with Crippen LogP contribution in [0.3, 0.4) is 0 Å². The Labute approximate surface area is 191 Å². The maximum absolute atomic E-state index is 5.84. The topological polar surface area (TPSA) is 48.2 Å². The molecule has 0 N–H and O–H groups in total. The van der Waals surface area contributed by atoms with Crippen LogP contribution >= 0.6 is 15.9 Å². The second-order valence-electron chi connectivity index (χ2n) is 7.44. The van der Waals surface area contributed by atoms with Crippen LogP contribution in [0, 0.1) is 0 Å². The van der Waals surface area contributed by atoms with E-state index >= 15 is 0 Å². The lowest BCUT2D eigenvalue weighted by atomic mass is 10.0. The zero-order chi connectivity index (χ0) is 21.5. The van der Waals surface area contributed by atoms with Crippen molar-refractivity contribution in [2.45, 2.75) is 32.6 Å². The summed E-state index contributed by atoms with van der Waals surface area (Å²) in [4.78, 5) is 4.53. The average Bonchev–Trinajstić information content (AvgIpc) is 3.30. The predicted octanol–water partition coefficient (Wildman–Crippen LogP) is 7.79. The number of unbranched alkanes of at least 4 members (excludes halogenated alkanes) is 3. The monoisotopic (exact) mass is 476 g/mol. The molecule has 158 valence electrons. The van der Waals surface area contributed by atoms with Gasteiger partial charge in [0, 0.05) is 15.6 Å². The molecule has 3 aromatic carbocycles. The van der Waals surface area contributed by atoms with Crippen LogP contribution in [-0.4, -0.2) is 16.7 Å². The number of aromatic nitrogens is 2. The van der Waals surface area contributed by atoms with Crippen molar-refractivity contribution in [3.8, 4) is 39.7 Å². The Morgan fingerprint density at radius 1 is 0.742 bits per heavy atom. The Balaban J connectivity index is 1.40. The molecule has 4 aromatic rings. The summed E-state index contributed by atoms with van der Waals surface area (Å²) in [6.45, 7) is 3.00. The number of halogens is 1. The summed E-state index contributed by atoms with van der Waals surface area (Å²) in [6, 6.07) is 24.2. The van der Waals surface area contributed by atoms with Crippen molar-refractivity contribution in [3.05, 3.63) is 77.3 Å². The molecule has 0 radical (unpaired) electrons. The fourth-order valence-electron chi connectivity index (χ4n) is 3.32. The molecular formula is C26H25BrN2O2. The molecule has 0 aliphatic rings. The van der Waals surface area contributed by atoms with Crippen LogP contribution in [0.5, 0.6) is 5.75 Å².